The smallest absolute Gasteiger partial charge is 0.312 e. The molecule has 0 saturated heterocycles. The number of urea groups is 1. The number of nitrogens with one attached hydrogen (secondary N) is 2. The van der Waals surface area contributed by atoms with Crippen LogP contribution in [-0.4, -0.2) is 18.0 Å². The topological polar surface area (TPSA) is 97.4 Å². The molecule has 6 nitrogen and oxygen atoms in total. The molecular weight excluding hydrogens is 289 g/mol. The maximum atomic E-state index is 13.3. The molecule has 1 heterocycles. The summed E-state index contributed by atoms with van der Waals surface area (Å²) in [4.78, 5) is 22.7. The van der Waals surface area contributed by atoms with Gasteiger partial charge in [0.05, 0.1) is 6.04 Å². The highest BCUT2D eigenvalue weighted by Crippen LogP contribution is 2.29. The maximum Gasteiger partial charge on any atom is 0.312 e. The average Bonchev–Trinajstić information content (AvgIpc) is 2.75. The molecule has 0 spiro atoms. The van der Waals surface area contributed by atoms with Crippen LogP contribution in [0.3, 0.4) is 0 Å². The minimum atomic E-state index is -0.773. The number of primary amides is 1. The Hall–Kier alpha value is -2.57. The molecule has 2 aromatic rings. The summed E-state index contributed by atoms with van der Waals surface area (Å²) < 4.78 is 19.0. The number of furan rings is 1. The standard InChI is InChI=1S/C15H18FN3O3/c1-7-11-6-10(16)4-5-12(11)22-13(7)8(2)18-14(20)9(3)19-15(17)21/h4-6,8-9H,1-3H3,(H,18,20)(H3,17,19,21)/t8-,9-/m0/s1. The lowest BCUT2D eigenvalue weighted by Crippen LogP contribution is -2.47. The van der Waals surface area contributed by atoms with Gasteiger partial charge in [0.2, 0.25) is 5.91 Å². The molecule has 0 unspecified atom stereocenters. The van der Waals surface area contributed by atoms with Gasteiger partial charge in [-0.05, 0) is 39.0 Å². The van der Waals surface area contributed by atoms with E-state index in [-0.39, 0.29) is 5.82 Å². The van der Waals surface area contributed by atoms with E-state index >= 15 is 0 Å². The molecule has 1 aromatic heterocycles. The summed E-state index contributed by atoms with van der Waals surface area (Å²) in [6.45, 7) is 5.07. The number of carbonyl (C=O) groups excluding carboxylic acids is 2. The van der Waals surface area contributed by atoms with Gasteiger partial charge in [0.25, 0.3) is 0 Å². The van der Waals surface area contributed by atoms with Gasteiger partial charge < -0.3 is 20.8 Å². The summed E-state index contributed by atoms with van der Waals surface area (Å²) in [5.74, 6) is -0.198. The number of carbonyl (C=O) groups is 2. The fourth-order valence-electron chi connectivity index (χ4n) is 2.31. The van der Waals surface area contributed by atoms with Gasteiger partial charge in [0.1, 0.15) is 23.2 Å². The third-order valence-electron chi connectivity index (χ3n) is 3.44. The lowest BCUT2D eigenvalue weighted by molar-refractivity contribution is -0.123. The van der Waals surface area contributed by atoms with Crippen molar-refractivity contribution in [3.63, 3.8) is 0 Å². The van der Waals surface area contributed by atoms with Crippen molar-refractivity contribution in [2.45, 2.75) is 32.9 Å². The second-order valence-electron chi connectivity index (χ2n) is 5.19. The number of halogens is 1. The molecule has 0 aliphatic rings. The van der Waals surface area contributed by atoms with Crippen molar-refractivity contribution in [3.05, 3.63) is 35.3 Å². The largest absolute Gasteiger partial charge is 0.459 e. The number of rotatable bonds is 4. The zero-order valence-corrected chi connectivity index (χ0v) is 12.6. The van der Waals surface area contributed by atoms with Crippen LogP contribution in [0.25, 0.3) is 11.0 Å². The quantitative estimate of drug-likeness (QED) is 0.807. The van der Waals surface area contributed by atoms with Gasteiger partial charge in [-0.1, -0.05) is 0 Å². The van der Waals surface area contributed by atoms with E-state index < -0.39 is 24.0 Å². The predicted molar refractivity (Wildman–Crippen MR) is 79.6 cm³/mol. The molecule has 0 bridgehead atoms. The van der Waals surface area contributed by atoms with Gasteiger partial charge in [-0.3, -0.25) is 4.79 Å². The van der Waals surface area contributed by atoms with Crippen LogP contribution in [0.15, 0.2) is 22.6 Å². The Kier molecular flexibility index (Phi) is 4.35. The monoisotopic (exact) mass is 307 g/mol. The number of amides is 3. The highest BCUT2D eigenvalue weighted by atomic mass is 19.1. The van der Waals surface area contributed by atoms with Gasteiger partial charge in [0.15, 0.2) is 0 Å². The number of hydrogen-bond donors (Lipinski definition) is 3. The van der Waals surface area contributed by atoms with E-state index in [4.69, 9.17) is 10.2 Å². The SMILES string of the molecule is Cc1c([C@H](C)NC(=O)[C@H](C)NC(N)=O)oc2ccc(F)cc12. The van der Waals surface area contributed by atoms with Gasteiger partial charge in [-0.15, -0.1) is 0 Å². The summed E-state index contributed by atoms with van der Waals surface area (Å²) in [5.41, 5.74) is 6.29. The number of hydrogen-bond acceptors (Lipinski definition) is 3. The lowest BCUT2D eigenvalue weighted by atomic mass is 10.1. The van der Waals surface area contributed by atoms with Crippen LogP contribution in [0.2, 0.25) is 0 Å². The first-order chi connectivity index (χ1) is 10.3. The Labute approximate surface area is 126 Å². The first kappa shape index (κ1) is 15.8. The van der Waals surface area contributed by atoms with Crippen LogP contribution < -0.4 is 16.4 Å². The Bertz CT molecular complexity index is 726. The van der Waals surface area contributed by atoms with E-state index in [1.54, 1.807) is 19.9 Å². The summed E-state index contributed by atoms with van der Waals surface area (Å²) in [7, 11) is 0. The van der Waals surface area contributed by atoms with E-state index in [9.17, 15) is 14.0 Å². The van der Waals surface area contributed by atoms with Crippen molar-refractivity contribution in [2.75, 3.05) is 0 Å². The Morgan fingerprint density at radius 3 is 2.59 bits per heavy atom. The molecule has 22 heavy (non-hydrogen) atoms. The first-order valence-corrected chi connectivity index (χ1v) is 6.84. The van der Waals surface area contributed by atoms with Crippen molar-refractivity contribution in [2.24, 2.45) is 5.73 Å². The third kappa shape index (κ3) is 3.19. The van der Waals surface area contributed by atoms with Crippen LogP contribution in [0, 0.1) is 12.7 Å². The highest BCUT2D eigenvalue weighted by molar-refractivity contribution is 5.87. The van der Waals surface area contributed by atoms with Gasteiger partial charge >= 0.3 is 6.03 Å². The molecule has 118 valence electrons. The zero-order chi connectivity index (χ0) is 16.4. The van der Waals surface area contributed by atoms with Gasteiger partial charge in [0, 0.05) is 10.9 Å². The Morgan fingerprint density at radius 1 is 1.27 bits per heavy atom. The molecule has 0 aliphatic carbocycles. The molecule has 3 amide bonds. The minimum Gasteiger partial charge on any atom is -0.459 e. The van der Waals surface area contributed by atoms with E-state index in [0.717, 1.165) is 5.56 Å². The summed E-state index contributed by atoms with van der Waals surface area (Å²) in [6, 6.07) is 2.29. The van der Waals surface area contributed by atoms with E-state index in [1.807, 2.05) is 0 Å². The summed E-state index contributed by atoms with van der Waals surface area (Å²) in [6.07, 6.45) is 0. The summed E-state index contributed by atoms with van der Waals surface area (Å²) in [5, 5.41) is 5.68. The zero-order valence-electron chi connectivity index (χ0n) is 12.6. The molecule has 0 saturated carbocycles. The second-order valence-corrected chi connectivity index (χ2v) is 5.19. The summed E-state index contributed by atoms with van der Waals surface area (Å²) >= 11 is 0. The van der Waals surface area contributed by atoms with E-state index in [1.165, 1.54) is 19.1 Å². The molecule has 0 radical (unpaired) electrons. The van der Waals surface area contributed by atoms with Crippen LogP contribution in [0.4, 0.5) is 9.18 Å². The van der Waals surface area contributed by atoms with Crippen molar-refractivity contribution >= 4 is 22.9 Å². The lowest BCUT2D eigenvalue weighted by Gasteiger charge is -2.17. The normalized spacial score (nSPS) is 13.6. The predicted octanol–water partition coefficient (Wildman–Crippen LogP) is 2.11. The molecule has 0 aliphatic heterocycles. The Balaban J connectivity index is 2.19. The molecule has 1 aromatic carbocycles. The molecule has 2 rings (SSSR count). The highest BCUT2D eigenvalue weighted by Gasteiger charge is 2.21. The molecule has 2 atom stereocenters. The van der Waals surface area contributed by atoms with Crippen LogP contribution in [0.1, 0.15) is 31.2 Å². The van der Waals surface area contributed by atoms with Crippen molar-refractivity contribution in [1.29, 1.82) is 0 Å². The minimum absolute atomic E-state index is 0.348. The van der Waals surface area contributed by atoms with E-state index in [0.29, 0.717) is 16.7 Å². The maximum absolute atomic E-state index is 13.3. The second kappa shape index (κ2) is 6.05. The number of fused-ring (bicyclic) bond motifs is 1. The van der Waals surface area contributed by atoms with Crippen molar-refractivity contribution in [3.8, 4) is 0 Å². The molecule has 0 fully saturated rings. The fourth-order valence-corrected chi connectivity index (χ4v) is 2.31. The van der Waals surface area contributed by atoms with Crippen LogP contribution in [-0.2, 0) is 4.79 Å². The fraction of sp³-hybridized carbons (Fsp3) is 0.333. The molecular formula is C15H18FN3O3. The Morgan fingerprint density at radius 2 is 1.95 bits per heavy atom. The third-order valence-corrected chi connectivity index (χ3v) is 3.44. The molecule has 4 N–H and O–H groups in total. The van der Waals surface area contributed by atoms with Crippen molar-refractivity contribution in [1.82, 2.24) is 10.6 Å². The van der Waals surface area contributed by atoms with E-state index in [2.05, 4.69) is 10.6 Å². The average molecular weight is 307 g/mol. The van der Waals surface area contributed by atoms with Gasteiger partial charge in [-0.25, -0.2) is 9.18 Å². The number of aryl methyl sites for hydroxylation is 1. The van der Waals surface area contributed by atoms with Gasteiger partial charge in [-0.2, -0.15) is 0 Å². The number of benzene rings is 1. The molecule has 7 heteroatoms. The first-order valence-electron chi connectivity index (χ1n) is 6.84. The van der Waals surface area contributed by atoms with Crippen LogP contribution in [0.5, 0.6) is 0 Å². The van der Waals surface area contributed by atoms with Crippen molar-refractivity contribution < 1.29 is 18.4 Å². The van der Waals surface area contributed by atoms with Crippen LogP contribution >= 0.6 is 0 Å². The number of nitrogens with two attached hydrogens (primary N) is 1.